The molecule has 1 aliphatic rings. The van der Waals surface area contributed by atoms with Gasteiger partial charge in [-0.05, 0) is 66.4 Å². The summed E-state index contributed by atoms with van der Waals surface area (Å²) in [4.78, 5) is 30.0. The molecule has 3 aromatic rings. The van der Waals surface area contributed by atoms with Crippen molar-refractivity contribution in [3.8, 4) is 17.2 Å². The molecule has 0 saturated carbocycles. The van der Waals surface area contributed by atoms with Crippen molar-refractivity contribution >= 4 is 23.3 Å². The summed E-state index contributed by atoms with van der Waals surface area (Å²) < 4.78 is 16.0. The van der Waals surface area contributed by atoms with Crippen LogP contribution in [0.25, 0.3) is 0 Å². The molecule has 1 saturated heterocycles. The Morgan fingerprint density at radius 3 is 2.16 bits per heavy atom. The van der Waals surface area contributed by atoms with Gasteiger partial charge in [-0.15, -0.1) is 0 Å². The number of hydrogen-bond donors (Lipinski definition) is 1. The molecule has 1 fully saturated rings. The maximum Gasteiger partial charge on any atom is 0.324 e. The van der Waals surface area contributed by atoms with Crippen LogP contribution >= 0.6 is 0 Å². The van der Waals surface area contributed by atoms with Gasteiger partial charge in [-0.1, -0.05) is 18.2 Å². The number of amides is 3. The van der Waals surface area contributed by atoms with E-state index in [9.17, 15) is 9.59 Å². The zero-order valence-corrected chi connectivity index (χ0v) is 21.7. The lowest BCUT2D eigenvalue weighted by molar-refractivity contribution is -0.115. The summed E-state index contributed by atoms with van der Waals surface area (Å²) in [6.45, 7) is 3.60. The number of anilines is 2. The third-order valence-corrected chi connectivity index (χ3v) is 6.34. The Kier molecular flexibility index (Phi) is 8.18. The van der Waals surface area contributed by atoms with Crippen molar-refractivity contribution in [3.63, 3.8) is 0 Å². The molecule has 8 heteroatoms. The zero-order chi connectivity index (χ0) is 26.4. The molecule has 0 aliphatic carbocycles. The first kappa shape index (κ1) is 25.9. The van der Waals surface area contributed by atoms with Crippen LogP contribution in [-0.2, 0) is 17.8 Å². The molecule has 37 heavy (non-hydrogen) atoms. The van der Waals surface area contributed by atoms with Gasteiger partial charge in [0.2, 0.25) is 5.91 Å². The second kappa shape index (κ2) is 11.7. The van der Waals surface area contributed by atoms with Crippen molar-refractivity contribution < 1.29 is 23.8 Å². The van der Waals surface area contributed by atoms with E-state index in [1.54, 1.807) is 37.2 Å². The van der Waals surface area contributed by atoms with Crippen LogP contribution in [0.4, 0.5) is 16.2 Å². The summed E-state index contributed by atoms with van der Waals surface area (Å²) in [6, 6.07) is 18.7. The average Bonchev–Trinajstić information content (AvgIpc) is 2.90. The smallest absolute Gasteiger partial charge is 0.324 e. The number of nitrogens with one attached hydrogen (secondary N) is 1. The number of carbonyl (C=O) groups is 2. The van der Waals surface area contributed by atoms with Crippen LogP contribution in [0.2, 0.25) is 0 Å². The predicted molar refractivity (Wildman–Crippen MR) is 144 cm³/mol. The predicted octanol–water partition coefficient (Wildman–Crippen LogP) is 5.03. The summed E-state index contributed by atoms with van der Waals surface area (Å²) in [7, 11) is 4.82. The molecule has 1 heterocycles. The zero-order valence-electron chi connectivity index (χ0n) is 21.7. The molecule has 0 aromatic heterocycles. The van der Waals surface area contributed by atoms with Gasteiger partial charge in [0.25, 0.3) is 0 Å². The second-order valence-corrected chi connectivity index (χ2v) is 9.02. The molecule has 8 nitrogen and oxygen atoms in total. The third kappa shape index (κ3) is 6.33. The maximum absolute atomic E-state index is 13.6. The van der Waals surface area contributed by atoms with Crippen molar-refractivity contribution in [2.24, 2.45) is 0 Å². The Labute approximate surface area is 217 Å². The van der Waals surface area contributed by atoms with Crippen molar-refractivity contribution in [3.05, 3.63) is 77.4 Å². The fraction of sp³-hybridized carbons (Fsp3) is 0.310. The number of urea groups is 1. The first-order valence-corrected chi connectivity index (χ1v) is 12.2. The fourth-order valence-electron chi connectivity index (χ4n) is 4.44. The van der Waals surface area contributed by atoms with Crippen LogP contribution in [-0.4, -0.2) is 51.3 Å². The molecule has 0 radical (unpaired) electrons. The number of ether oxygens (including phenoxy) is 3. The van der Waals surface area contributed by atoms with Crippen LogP contribution in [0.3, 0.4) is 0 Å². The molecule has 0 spiro atoms. The number of methoxy groups -OCH3 is 3. The highest BCUT2D eigenvalue weighted by molar-refractivity contribution is 6.01. The minimum atomic E-state index is -0.151. The van der Waals surface area contributed by atoms with Crippen LogP contribution < -0.4 is 24.4 Å². The topological polar surface area (TPSA) is 80.3 Å². The molecule has 194 valence electrons. The average molecular weight is 504 g/mol. The molecule has 3 amide bonds. The van der Waals surface area contributed by atoms with E-state index in [0.29, 0.717) is 42.5 Å². The lowest BCUT2D eigenvalue weighted by Crippen LogP contribution is -2.49. The molecule has 4 rings (SSSR count). The quantitative estimate of drug-likeness (QED) is 0.443. The van der Waals surface area contributed by atoms with Gasteiger partial charge in [0, 0.05) is 25.7 Å². The van der Waals surface area contributed by atoms with E-state index in [1.165, 1.54) is 0 Å². The van der Waals surface area contributed by atoms with Gasteiger partial charge < -0.3 is 24.4 Å². The highest BCUT2D eigenvalue weighted by Crippen LogP contribution is 2.31. The monoisotopic (exact) mass is 503 g/mol. The Bertz CT molecular complexity index is 1240. The lowest BCUT2D eigenvalue weighted by atomic mass is 10.1. The fourth-order valence-corrected chi connectivity index (χ4v) is 4.44. The Balaban J connectivity index is 1.51. The van der Waals surface area contributed by atoms with Crippen LogP contribution in [0.5, 0.6) is 17.2 Å². The highest BCUT2D eigenvalue weighted by atomic mass is 16.5. The molecule has 1 aliphatic heterocycles. The number of hydrogen-bond acceptors (Lipinski definition) is 5. The van der Waals surface area contributed by atoms with Crippen LogP contribution in [0.1, 0.15) is 23.1 Å². The SMILES string of the molecule is COc1ccc(CC(=O)Nc2cc(C)ccc2N2CCCN(Cc3cc(OC)cc(OC)c3)C2=O)cc1. The third-order valence-electron chi connectivity index (χ3n) is 6.34. The first-order chi connectivity index (χ1) is 17.9. The number of aryl methyl sites for hydroxylation is 1. The van der Waals surface area contributed by atoms with E-state index in [2.05, 4.69) is 5.32 Å². The highest BCUT2D eigenvalue weighted by Gasteiger charge is 2.29. The Morgan fingerprint density at radius 2 is 1.51 bits per heavy atom. The molecule has 0 unspecified atom stereocenters. The van der Waals surface area contributed by atoms with Gasteiger partial charge in [0.05, 0.1) is 39.1 Å². The first-order valence-electron chi connectivity index (χ1n) is 12.2. The Hall–Kier alpha value is -4.20. The summed E-state index contributed by atoms with van der Waals surface area (Å²) >= 11 is 0. The second-order valence-electron chi connectivity index (χ2n) is 9.02. The summed E-state index contributed by atoms with van der Waals surface area (Å²) in [6.07, 6.45) is 1.02. The van der Waals surface area contributed by atoms with E-state index in [0.717, 1.165) is 28.9 Å². The maximum atomic E-state index is 13.6. The van der Waals surface area contributed by atoms with Crippen molar-refractivity contribution in [1.82, 2.24) is 4.90 Å². The van der Waals surface area contributed by atoms with Crippen molar-refractivity contribution in [2.75, 3.05) is 44.6 Å². The summed E-state index contributed by atoms with van der Waals surface area (Å²) in [5.74, 6) is 1.94. The van der Waals surface area contributed by atoms with E-state index in [1.807, 2.05) is 61.5 Å². The van der Waals surface area contributed by atoms with E-state index in [4.69, 9.17) is 14.2 Å². The van der Waals surface area contributed by atoms with Crippen molar-refractivity contribution in [1.29, 1.82) is 0 Å². The Morgan fingerprint density at radius 1 is 0.838 bits per heavy atom. The summed E-state index contributed by atoms with van der Waals surface area (Å²) in [5.41, 5.74) is 4.10. The van der Waals surface area contributed by atoms with Crippen molar-refractivity contribution in [2.45, 2.75) is 26.3 Å². The van der Waals surface area contributed by atoms with Crippen LogP contribution in [0.15, 0.2) is 60.7 Å². The van der Waals surface area contributed by atoms with Gasteiger partial charge >= 0.3 is 6.03 Å². The van der Waals surface area contributed by atoms with Crippen LogP contribution in [0, 0.1) is 6.92 Å². The van der Waals surface area contributed by atoms with Gasteiger partial charge in [-0.25, -0.2) is 4.79 Å². The standard InChI is InChI=1S/C29H33N3O5/c1-20-6-11-27(26(14-20)30-28(33)17-21-7-9-23(35-2)10-8-21)32-13-5-12-31(29(32)34)19-22-15-24(36-3)18-25(16-22)37-4/h6-11,14-16,18H,5,12-13,17,19H2,1-4H3,(H,30,33). The van der Waals surface area contributed by atoms with Gasteiger partial charge in [0.15, 0.2) is 0 Å². The molecule has 0 bridgehead atoms. The number of carbonyl (C=O) groups excluding carboxylic acids is 2. The summed E-state index contributed by atoms with van der Waals surface area (Å²) in [5, 5.41) is 3.03. The van der Waals surface area contributed by atoms with Gasteiger partial charge in [0.1, 0.15) is 17.2 Å². The molecule has 0 atom stereocenters. The molecular weight excluding hydrogens is 470 g/mol. The molecule has 1 N–H and O–H groups in total. The number of benzene rings is 3. The molecule has 3 aromatic carbocycles. The van der Waals surface area contributed by atoms with Gasteiger partial charge in [-0.2, -0.15) is 0 Å². The number of rotatable bonds is 9. The van der Waals surface area contributed by atoms with E-state index >= 15 is 0 Å². The van der Waals surface area contributed by atoms with E-state index < -0.39 is 0 Å². The number of nitrogens with zero attached hydrogens (tertiary/aromatic N) is 2. The minimum Gasteiger partial charge on any atom is -0.497 e. The lowest BCUT2D eigenvalue weighted by Gasteiger charge is -2.36. The van der Waals surface area contributed by atoms with E-state index in [-0.39, 0.29) is 18.4 Å². The minimum absolute atomic E-state index is 0.109. The largest absolute Gasteiger partial charge is 0.497 e. The van der Waals surface area contributed by atoms with Gasteiger partial charge in [-0.3, -0.25) is 9.69 Å². The molecular formula is C29H33N3O5. The normalized spacial score (nSPS) is 13.4.